The van der Waals surface area contributed by atoms with E-state index in [1.165, 1.54) is 0 Å². The monoisotopic (exact) mass is 130 g/mol. The molecule has 0 spiro atoms. The van der Waals surface area contributed by atoms with Gasteiger partial charge >= 0.3 is 0 Å². The maximum Gasteiger partial charge on any atom is 0.116 e. The highest BCUT2D eigenvalue weighted by Crippen LogP contribution is 1.97. The van der Waals surface area contributed by atoms with Gasteiger partial charge in [0.2, 0.25) is 0 Å². The number of aliphatic imine (C=N–C) groups is 1. The van der Waals surface area contributed by atoms with Crippen molar-refractivity contribution < 1.29 is 0 Å². The van der Waals surface area contributed by atoms with Gasteiger partial charge in [-0.2, -0.15) is 0 Å². The van der Waals surface area contributed by atoms with Crippen LogP contribution in [0, 0.1) is 0 Å². The zero-order valence-corrected chi connectivity index (χ0v) is 5.96. The Hall–Kier alpha value is -0.440. The van der Waals surface area contributed by atoms with Gasteiger partial charge in [0.05, 0.1) is 5.04 Å². The van der Waals surface area contributed by atoms with E-state index in [2.05, 4.69) is 11.6 Å². The number of hydrogen-bond acceptors (Lipinski definition) is 3. The Labute approximate surface area is 53.9 Å². The molecule has 0 atom stereocenters. The standard InChI is InChI=1S/C5H10N2S/c1-4(6)7-5(2)8-3/h1,6H2,2-3H3. The molecule has 2 N–H and O–H groups in total. The molecule has 0 rings (SSSR count). The molecule has 0 unspecified atom stereocenters. The van der Waals surface area contributed by atoms with Crippen LogP contribution in [0.15, 0.2) is 17.4 Å². The van der Waals surface area contributed by atoms with Crippen molar-refractivity contribution in [3.8, 4) is 0 Å². The van der Waals surface area contributed by atoms with E-state index >= 15 is 0 Å². The predicted octanol–water partition coefficient (Wildman–Crippen LogP) is 1.20. The maximum atomic E-state index is 5.17. The lowest BCUT2D eigenvalue weighted by Crippen LogP contribution is -1.92. The first-order chi connectivity index (χ1) is 3.66. The van der Waals surface area contributed by atoms with Gasteiger partial charge in [0.15, 0.2) is 0 Å². The molecule has 0 amide bonds. The summed E-state index contributed by atoms with van der Waals surface area (Å²) >= 11 is 1.56. The first-order valence-electron chi connectivity index (χ1n) is 2.20. The lowest BCUT2D eigenvalue weighted by atomic mass is 10.8. The van der Waals surface area contributed by atoms with Gasteiger partial charge in [0, 0.05) is 0 Å². The molecule has 0 aliphatic heterocycles. The van der Waals surface area contributed by atoms with Gasteiger partial charge < -0.3 is 5.73 Å². The van der Waals surface area contributed by atoms with Gasteiger partial charge in [0.25, 0.3) is 0 Å². The van der Waals surface area contributed by atoms with Crippen LogP contribution in [-0.2, 0) is 0 Å². The average Bonchev–Trinajstić information content (AvgIpc) is 1.65. The minimum Gasteiger partial charge on any atom is -0.384 e. The van der Waals surface area contributed by atoms with E-state index in [4.69, 9.17) is 5.73 Å². The molecule has 46 valence electrons. The van der Waals surface area contributed by atoms with E-state index in [1.54, 1.807) is 11.8 Å². The number of rotatable bonds is 1. The summed E-state index contributed by atoms with van der Waals surface area (Å²) in [7, 11) is 0. The lowest BCUT2D eigenvalue weighted by molar-refractivity contribution is 1.27. The highest BCUT2D eigenvalue weighted by Gasteiger charge is 1.82. The third-order valence-electron chi connectivity index (χ3n) is 0.596. The summed E-state index contributed by atoms with van der Waals surface area (Å²) in [4.78, 5) is 3.86. The molecule has 0 radical (unpaired) electrons. The van der Waals surface area contributed by atoms with Crippen molar-refractivity contribution >= 4 is 16.8 Å². The predicted molar refractivity (Wildman–Crippen MR) is 40.0 cm³/mol. The highest BCUT2D eigenvalue weighted by atomic mass is 32.2. The zero-order valence-electron chi connectivity index (χ0n) is 5.14. The summed E-state index contributed by atoms with van der Waals surface area (Å²) in [6.45, 7) is 5.31. The zero-order chi connectivity index (χ0) is 6.57. The van der Waals surface area contributed by atoms with E-state index in [-0.39, 0.29) is 0 Å². The molecule has 0 saturated carbocycles. The quantitative estimate of drug-likeness (QED) is 0.428. The van der Waals surface area contributed by atoms with Crippen LogP contribution in [-0.4, -0.2) is 11.3 Å². The minimum absolute atomic E-state index is 0.372. The fourth-order valence-electron chi connectivity index (χ4n) is 0.248. The van der Waals surface area contributed by atoms with E-state index in [1.807, 2.05) is 13.2 Å². The Morgan fingerprint density at radius 3 is 2.38 bits per heavy atom. The molecule has 0 saturated heterocycles. The summed E-state index contributed by atoms with van der Waals surface area (Å²) < 4.78 is 0. The first kappa shape index (κ1) is 7.56. The van der Waals surface area contributed by atoms with Crippen LogP contribution in [0.1, 0.15) is 6.92 Å². The number of thioether (sulfide) groups is 1. The van der Waals surface area contributed by atoms with E-state index < -0.39 is 0 Å². The summed E-state index contributed by atoms with van der Waals surface area (Å²) in [6.07, 6.45) is 1.95. The van der Waals surface area contributed by atoms with Gasteiger partial charge in [-0.15, -0.1) is 11.8 Å². The second-order valence-electron chi connectivity index (χ2n) is 1.33. The number of nitrogens with zero attached hydrogens (tertiary/aromatic N) is 1. The molecule has 0 heterocycles. The van der Waals surface area contributed by atoms with Crippen LogP contribution in [0.3, 0.4) is 0 Å². The Morgan fingerprint density at radius 2 is 2.25 bits per heavy atom. The van der Waals surface area contributed by atoms with Crippen molar-refractivity contribution in [2.24, 2.45) is 10.7 Å². The Morgan fingerprint density at radius 1 is 1.75 bits per heavy atom. The van der Waals surface area contributed by atoms with Crippen LogP contribution in [0.2, 0.25) is 0 Å². The van der Waals surface area contributed by atoms with Crippen molar-refractivity contribution in [2.45, 2.75) is 6.92 Å². The van der Waals surface area contributed by atoms with Crippen LogP contribution < -0.4 is 5.73 Å². The van der Waals surface area contributed by atoms with Crippen molar-refractivity contribution in [3.05, 3.63) is 12.4 Å². The van der Waals surface area contributed by atoms with Gasteiger partial charge in [-0.3, -0.25) is 0 Å². The van der Waals surface area contributed by atoms with E-state index in [0.717, 1.165) is 5.04 Å². The van der Waals surface area contributed by atoms with Crippen molar-refractivity contribution in [1.82, 2.24) is 0 Å². The second kappa shape index (κ2) is 3.55. The lowest BCUT2D eigenvalue weighted by Gasteiger charge is -1.90. The molecule has 2 nitrogen and oxygen atoms in total. The third-order valence-corrected chi connectivity index (χ3v) is 1.28. The van der Waals surface area contributed by atoms with E-state index in [0.29, 0.717) is 5.82 Å². The van der Waals surface area contributed by atoms with Gasteiger partial charge in [-0.1, -0.05) is 6.58 Å². The fourth-order valence-corrected chi connectivity index (χ4v) is 0.456. The summed E-state index contributed by atoms with van der Waals surface area (Å²) in [5.41, 5.74) is 5.17. The van der Waals surface area contributed by atoms with Crippen LogP contribution in [0.25, 0.3) is 0 Å². The molecular formula is C5H10N2S. The van der Waals surface area contributed by atoms with Crippen molar-refractivity contribution in [1.29, 1.82) is 0 Å². The normalized spacial score (nSPS) is 11.5. The second-order valence-corrected chi connectivity index (χ2v) is 2.33. The number of hydrogen-bond donors (Lipinski definition) is 1. The fraction of sp³-hybridized carbons (Fsp3) is 0.400. The minimum atomic E-state index is 0.372. The molecule has 0 aliphatic carbocycles. The first-order valence-corrected chi connectivity index (χ1v) is 3.43. The molecule has 0 fully saturated rings. The molecule has 0 bridgehead atoms. The van der Waals surface area contributed by atoms with Crippen LogP contribution in [0.4, 0.5) is 0 Å². The Bertz CT molecular complexity index is 118. The van der Waals surface area contributed by atoms with Crippen molar-refractivity contribution in [2.75, 3.05) is 6.26 Å². The summed E-state index contributed by atoms with van der Waals surface area (Å²) in [6, 6.07) is 0. The third kappa shape index (κ3) is 3.74. The van der Waals surface area contributed by atoms with E-state index in [9.17, 15) is 0 Å². The molecule has 0 aromatic carbocycles. The maximum absolute atomic E-state index is 5.17. The molecule has 8 heavy (non-hydrogen) atoms. The molecule has 0 aliphatic rings. The van der Waals surface area contributed by atoms with Gasteiger partial charge in [-0.25, -0.2) is 4.99 Å². The summed E-state index contributed by atoms with van der Waals surface area (Å²) in [5.74, 6) is 0.372. The summed E-state index contributed by atoms with van der Waals surface area (Å²) in [5, 5.41) is 0.942. The molecule has 0 aromatic rings. The topological polar surface area (TPSA) is 38.4 Å². The van der Waals surface area contributed by atoms with Gasteiger partial charge in [-0.05, 0) is 13.2 Å². The van der Waals surface area contributed by atoms with Crippen molar-refractivity contribution in [3.63, 3.8) is 0 Å². The van der Waals surface area contributed by atoms with Crippen LogP contribution in [0.5, 0.6) is 0 Å². The Kier molecular flexibility index (Phi) is 3.35. The molecule has 0 aromatic heterocycles. The molecule has 3 heteroatoms. The highest BCUT2D eigenvalue weighted by molar-refractivity contribution is 8.13. The average molecular weight is 130 g/mol. The van der Waals surface area contributed by atoms with Crippen LogP contribution >= 0.6 is 11.8 Å². The SMILES string of the molecule is C=C(N)N=C(C)SC. The van der Waals surface area contributed by atoms with Gasteiger partial charge in [0.1, 0.15) is 5.82 Å². The number of nitrogens with two attached hydrogens (primary N) is 1. The smallest absolute Gasteiger partial charge is 0.116 e. The largest absolute Gasteiger partial charge is 0.384 e. The Balaban J connectivity index is 3.75. The molecular weight excluding hydrogens is 120 g/mol.